The van der Waals surface area contributed by atoms with Crippen molar-refractivity contribution in [3.05, 3.63) is 45.6 Å². The molecule has 108 valence electrons. The van der Waals surface area contributed by atoms with Gasteiger partial charge in [-0.3, -0.25) is 14.9 Å². The summed E-state index contributed by atoms with van der Waals surface area (Å²) in [4.78, 5) is 36.5. The van der Waals surface area contributed by atoms with Gasteiger partial charge in [-0.15, -0.1) is 0 Å². The van der Waals surface area contributed by atoms with Gasteiger partial charge in [-0.2, -0.15) is 4.98 Å². The monoisotopic (exact) mass is 292 g/mol. The average molecular weight is 292 g/mol. The smallest absolute Gasteiger partial charge is 0.337 e. The van der Waals surface area contributed by atoms with E-state index < -0.39 is 16.8 Å². The van der Waals surface area contributed by atoms with Crippen LogP contribution in [0.25, 0.3) is 0 Å². The molecule has 1 aromatic heterocycles. The van der Waals surface area contributed by atoms with E-state index in [0.29, 0.717) is 0 Å². The van der Waals surface area contributed by atoms with Crippen molar-refractivity contribution in [2.24, 2.45) is 0 Å². The molecule has 0 spiro atoms. The van der Waals surface area contributed by atoms with Crippen molar-refractivity contribution in [1.29, 1.82) is 0 Å². The third-order valence-corrected chi connectivity index (χ3v) is 2.42. The van der Waals surface area contributed by atoms with Crippen LogP contribution in [0.1, 0.15) is 26.9 Å². The molecule has 1 amide bonds. The van der Waals surface area contributed by atoms with E-state index in [1.54, 1.807) is 0 Å². The lowest BCUT2D eigenvalue weighted by atomic mass is 10.1. The summed E-state index contributed by atoms with van der Waals surface area (Å²) in [6.07, 6.45) is 0. The molecule has 0 fully saturated rings. The molecular formula is C11H8N4O6. The first-order valence-electron chi connectivity index (χ1n) is 5.52. The van der Waals surface area contributed by atoms with Crippen LogP contribution >= 0.6 is 0 Å². The Labute approximate surface area is 116 Å². The lowest BCUT2D eigenvalue weighted by Gasteiger charge is -2.06. The molecular weight excluding hydrogens is 284 g/mol. The lowest BCUT2D eigenvalue weighted by molar-refractivity contribution is -0.384. The number of carbonyl (C=O) groups excluding carboxylic acids is 1. The zero-order valence-corrected chi connectivity index (χ0v) is 10.6. The van der Waals surface area contributed by atoms with Crippen LogP contribution in [0.2, 0.25) is 0 Å². The Balaban J connectivity index is 2.37. The maximum Gasteiger partial charge on any atom is 0.337 e. The standard InChI is InChI=1S/C11H8N4O6/c1-5-12-9(14-21-5)10(16)13-8-4-6(15(19)20)2-3-7(8)11(17)18/h2-4H,1H3,(H,13,16)(H,17,18). The summed E-state index contributed by atoms with van der Waals surface area (Å²) in [6.45, 7) is 1.47. The number of nitrogens with one attached hydrogen (secondary N) is 1. The molecule has 0 atom stereocenters. The third kappa shape index (κ3) is 3.00. The topological polar surface area (TPSA) is 148 Å². The van der Waals surface area contributed by atoms with Gasteiger partial charge in [0.1, 0.15) is 0 Å². The van der Waals surface area contributed by atoms with Gasteiger partial charge in [0.15, 0.2) is 0 Å². The number of carboxylic acids is 1. The molecule has 1 aromatic carbocycles. The molecule has 0 aliphatic heterocycles. The minimum atomic E-state index is -1.34. The summed E-state index contributed by atoms with van der Waals surface area (Å²) in [7, 11) is 0. The van der Waals surface area contributed by atoms with Crippen molar-refractivity contribution >= 4 is 23.3 Å². The molecule has 2 aromatic rings. The number of aryl methyl sites for hydroxylation is 1. The molecule has 0 aliphatic rings. The van der Waals surface area contributed by atoms with E-state index in [-0.39, 0.29) is 28.7 Å². The number of carbonyl (C=O) groups is 2. The van der Waals surface area contributed by atoms with Crippen LogP contribution in [0.15, 0.2) is 22.7 Å². The van der Waals surface area contributed by atoms with Gasteiger partial charge in [-0.25, -0.2) is 4.79 Å². The van der Waals surface area contributed by atoms with Crippen LogP contribution < -0.4 is 5.32 Å². The van der Waals surface area contributed by atoms with Crippen molar-refractivity contribution in [3.8, 4) is 0 Å². The molecule has 21 heavy (non-hydrogen) atoms. The van der Waals surface area contributed by atoms with Crippen LogP contribution in [0.5, 0.6) is 0 Å². The van der Waals surface area contributed by atoms with E-state index in [1.165, 1.54) is 6.92 Å². The number of amides is 1. The normalized spacial score (nSPS) is 10.1. The highest BCUT2D eigenvalue weighted by molar-refractivity contribution is 6.06. The van der Waals surface area contributed by atoms with Crippen LogP contribution in [-0.4, -0.2) is 32.0 Å². The predicted molar refractivity (Wildman–Crippen MR) is 67.0 cm³/mol. The Morgan fingerprint density at radius 3 is 2.67 bits per heavy atom. The molecule has 0 saturated heterocycles. The van der Waals surface area contributed by atoms with E-state index in [0.717, 1.165) is 18.2 Å². The van der Waals surface area contributed by atoms with Gasteiger partial charge in [-0.1, -0.05) is 5.16 Å². The van der Waals surface area contributed by atoms with E-state index >= 15 is 0 Å². The van der Waals surface area contributed by atoms with Gasteiger partial charge in [0.05, 0.1) is 16.2 Å². The number of nitro groups is 1. The second-order valence-corrected chi connectivity index (χ2v) is 3.88. The summed E-state index contributed by atoms with van der Waals surface area (Å²) in [5.41, 5.74) is -0.891. The Morgan fingerprint density at radius 1 is 1.43 bits per heavy atom. The lowest BCUT2D eigenvalue weighted by Crippen LogP contribution is -2.16. The van der Waals surface area contributed by atoms with Crippen LogP contribution in [-0.2, 0) is 0 Å². The van der Waals surface area contributed by atoms with Crippen molar-refractivity contribution < 1.29 is 24.1 Å². The first kappa shape index (κ1) is 14.1. The van der Waals surface area contributed by atoms with E-state index in [1.807, 2.05) is 0 Å². The fraction of sp³-hybridized carbons (Fsp3) is 0.0909. The zero-order valence-electron chi connectivity index (χ0n) is 10.6. The number of rotatable bonds is 4. The Hall–Kier alpha value is -3.30. The van der Waals surface area contributed by atoms with E-state index in [4.69, 9.17) is 5.11 Å². The van der Waals surface area contributed by atoms with Crippen molar-refractivity contribution in [1.82, 2.24) is 10.1 Å². The van der Waals surface area contributed by atoms with Gasteiger partial charge in [-0.05, 0) is 6.07 Å². The predicted octanol–water partition coefficient (Wildman–Crippen LogP) is 1.24. The largest absolute Gasteiger partial charge is 0.478 e. The summed E-state index contributed by atoms with van der Waals surface area (Å²) in [5.74, 6) is -2.34. The molecule has 0 radical (unpaired) electrons. The minimum Gasteiger partial charge on any atom is -0.478 e. The van der Waals surface area contributed by atoms with Crippen molar-refractivity contribution in [3.63, 3.8) is 0 Å². The van der Waals surface area contributed by atoms with Gasteiger partial charge < -0.3 is 14.9 Å². The number of aromatic carboxylic acids is 1. The fourth-order valence-corrected chi connectivity index (χ4v) is 1.51. The molecule has 0 unspecified atom stereocenters. The SMILES string of the molecule is Cc1nc(C(=O)Nc2cc([N+](=O)[O-])ccc2C(=O)O)no1. The molecule has 10 heteroatoms. The molecule has 0 saturated carbocycles. The number of aromatic nitrogens is 2. The second-order valence-electron chi connectivity index (χ2n) is 3.88. The zero-order chi connectivity index (χ0) is 15.6. The first-order chi connectivity index (χ1) is 9.88. The molecule has 1 heterocycles. The van der Waals surface area contributed by atoms with Gasteiger partial charge >= 0.3 is 5.97 Å². The number of nitrogens with zero attached hydrogens (tertiary/aromatic N) is 3. The number of carboxylic acid groups (broad SMARTS) is 1. The Bertz CT molecular complexity index is 738. The molecule has 10 nitrogen and oxygen atoms in total. The first-order valence-corrected chi connectivity index (χ1v) is 5.52. The third-order valence-electron chi connectivity index (χ3n) is 2.42. The van der Waals surface area contributed by atoms with E-state index in [2.05, 4.69) is 20.0 Å². The number of hydrogen-bond donors (Lipinski definition) is 2. The number of anilines is 1. The Kier molecular flexibility index (Phi) is 3.61. The summed E-state index contributed by atoms with van der Waals surface area (Å²) in [6, 6.07) is 2.99. The molecule has 0 aliphatic carbocycles. The number of non-ortho nitro benzene ring substituents is 1. The highest BCUT2D eigenvalue weighted by atomic mass is 16.6. The van der Waals surface area contributed by atoms with Gasteiger partial charge in [0.2, 0.25) is 5.89 Å². The summed E-state index contributed by atoms with van der Waals surface area (Å²) >= 11 is 0. The second kappa shape index (κ2) is 5.36. The highest BCUT2D eigenvalue weighted by Crippen LogP contribution is 2.23. The molecule has 0 bridgehead atoms. The quantitative estimate of drug-likeness (QED) is 0.631. The number of hydrogen-bond acceptors (Lipinski definition) is 7. The number of nitro benzene ring substituents is 1. The van der Waals surface area contributed by atoms with Crippen LogP contribution in [0.3, 0.4) is 0 Å². The Morgan fingerprint density at radius 2 is 2.14 bits per heavy atom. The fourth-order valence-electron chi connectivity index (χ4n) is 1.51. The van der Waals surface area contributed by atoms with Crippen molar-refractivity contribution in [2.75, 3.05) is 5.32 Å². The van der Waals surface area contributed by atoms with Crippen molar-refractivity contribution in [2.45, 2.75) is 6.92 Å². The number of benzene rings is 1. The van der Waals surface area contributed by atoms with Crippen LogP contribution in [0, 0.1) is 17.0 Å². The molecule has 2 N–H and O–H groups in total. The summed E-state index contributed by atoms with van der Waals surface area (Å²) in [5, 5.41) is 25.3. The summed E-state index contributed by atoms with van der Waals surface area (Å²) < 4.78 is 4.62. The maximum absolute atomic E-state index is 11.8. The van der Waals surface area contributed by atoms with E-state index in [9.17, 15) is 19.7 Å². The average Bonchev–Trinajstić information content (AvgIpc) is 2.85. The van der Waals surface area contributed by atoms with Crippen LogP contribution in [0.4, 0.5) is 11.4 Å². The maximum atomic E-state index is 11.8. The highest BCUT2D eigenvalue weighted by Gasteiger charge is 2.20. The minimum absolute atomic E-state index is 0.151. The van der Waals surface area contributed by atoms with Gasteiger partial charge in [0.25, 0.3) is 17.4 Å². The van der Waals surface area contributed by atoms with Gasteiger partial charge in [0, 0.05) is 19.1 Å². The molecule has 2 rings (SSSR count).